The molecule has 0 heterocycles. The van der Waals surface area contributed by atoms with Crippen LogP contribution in [0, 0.1) is 17.3 Å². The Labute approximate surface area is 95.8 Å². The lowest BCUT2D eigenvalue weighted by Crippen LogP contribution is -2.33. The van der Waals surface area contributed by atoms with Gasteiger partial charge in [0, 0.05) is 0 Å². The van der Waals surface area contributed by atoms with Crippen LogP contribution in [0.2, 0.25) is 0 Å². The molecular formula is C14H29N. The molecule has 0 spiro atoms. The zero-order valence-electron chi connectivity index (χ0n) is 10.9. The van der Waals surface area contributed by atoms with E-state index in [0.717, 1.165) is 18.4 Å². The first-order valence-corrected chi connectivity index (χ1v) is 6.95. The summed E-state index contributed by atoms with van der Waals surface area (Å²) in [5, 5.41) is 0. The number of hydrogen-bond acceptors (Lipinski definition) is 1. The van der Waals surface area contributed by atoms with E-state index in [1.54, 1.807) is 0 Å². The lowest BCUT2D eigenvalue weighted by molar-refractivity contribution is 0.103. The molecule has 0 radical (unpaired) electrons. The van der Waals surface area contributed by atoms with Crippen molar-refractivity contribution >= 4 is 0 Å². The predicted molar refractivity (Wildman–Crippen MR) is 67.8 cm³/mol. The van der Waals surface area contributed by atoms with Crippen molar-refractivity contribution in [3.05, 3.63) is 0 Å². The third kappa shape index (κ3) is 2.38. The van der Waals surface area contributed by atoms with Gasteiger partial charge in [0.2, 0.25) is 0 Å². The first-order chi connectivity index (χ1) is 7.25. The minimum absolute atomic E-state index is 0.597. The average Bonchev–Trinajstić information content (AvgIpc) is 2.59. The minimum Gasteiger partial charge on any atom is -0.330 e. The van der Waals surface area contributed by atoms with Gasteiger partial charge in [-0.05, 0) is 49.5 Å². The van der Waals surface area contributed by atoms with E-state index in [1.807, 2.05) is 0 Å². The van der Waals surface area contributed by atoms with Crippen molar-refractivity contribution in [2.24, 2.45) is 23.0 Å². The van der Waals surface area contributed by atoms with Crippen LogP contribution in [0.1, 0.15) is 65.7 Å². The summed E-state index contributed by atoms with van der Waals surface area (Å²) >= 11 is 0. The second-order valence-electron chi connectivity index (χ2n) is 5.29. The zero-order valence-corrected chi connectivity index (χ0v) is 10.9. The van der Waals surface area contributed by atoms with Gasteiger partial charge in [0.05, 0.1) is 0 Å². The molecule has 0 bridgehead atoms. The Hall–Kier alpha value is -0.0400. The topological polar surface area (TPSA) is 26.0 Å². The summed E-state index contributed by atoms with van der Waals surface area (Å²) in [6, 6.07) is 0. The normalized spacial score (nSPS) is 36.0. The van der Waals surface area contributed by atoms with Gasteiger partial charge in [-0.2, -0.15) is 0 Å². The predicted octanol–water partition coefficient (Wildman–Crippen LogP) is 3.97. The molecular weight excluding hydrogens is 182 g/mol. The molecule has 0 aromatic rings. The van der Waals surface area contributed by atoms with Crippen LogP contribution in [0.25, 0.3) is 0 Å². The monoisotopic (exact) mass is 211 g/mol. The second kappa shape index (κ2) is 5.89. The van der Waals surface area contributed by atoms with Crippen LogP contribution in [0.4, 0.5) is 0 Å². The Bertz CT molecular complexity index is 178. The smallest absolute Gasteiger partial charge is 0.00718 e. The van der Waals surface area contributed by atoms with Gasteiger partial charge in [-0.3, -0.25) is 0 Å². The van der Waals surface area contributed by atoms with E-state index in [4.69, 9.17) is 5.73 Å². The maximum Gasteiger partial charge on any atom is -0.00718 e. The summed E-state index contributed by atoms with van der Waals surface area (Å²) in [7, 11) is 0. The van der Waals surface area contributed by atoms with Crippen LogP contribution in [0.5, 0.6) is 0 Å². The third-order valence-electron chi connectivity index (χ3n) is 4.89. The van der Waals surface area contributed by atoms with Crippen molar-refractivity contribution < 1.29 is 0 Å². The van der Waals surface area contributed by atoms with Crippen molar-refractivity contribution in [2.45, 2.75) is 65.7 Å². The molecule has 1 aliphatic rings. The molecule has 0 amide bonds. The van der Waals surface area contributed by atoms with E-state index in [2.05, 4.69) is 20.8 Å². The standard InChI is InChI=1S/C14H29N/c1-4-7-13-9-8-12(5-2)14(13,6-3)10-11-15/h12-13H,4-11,15H2,1-3H3. The molecule has 3 atom stereocenters. The molecule has 1 rings (SSSR count). The first kappa shape index (κ1) is 13.0. The highest BCUT2D eigenvalue weighted by molar-refractivity contribution is 4.96. The van der Waals surface area contributed by atoms with E-state index in [0.29, 0.717) is 5.41 Å². The molecule has 1 fully saturated rings. The summed E-state index contributed by atoms with van der Waals surface area (Å²) in [6.45, 7) is 7.94. The molecule has 0 aromatic carbocycles. The first-order valence-electron chi connectivity index (χ1n) is 6.95. The fourth-order valence-corrected chi connectivity index (χ4v) is 4.13. The van der Waals surface area contributed by atoms with E-state index >= 15 is 0 Å². The average molecular weight is 211 g/mol. The lowest BCUT2D eigenvalue weighted by Gasteiger charge is -2.40. The molecule has 1 aliphatic carbocycles. The minimum atomic E-state index is 0.597. The molecule has 1 saturated carbocycles. The molecule has 90 valence electrons. The van der Waals surface area contributed by atoms with Crippen LogP contribution >= 0.6 is 0 Å². The van der Waals surface area contributed by atoms with Gasteiger partial charge in [-0.15, -0.1) is 0 Å². The Balaban J connectivity index is 2.80. The second-order valence-corrected chi connectivity index (χ2v) is 5.29. The van der Waals surface area contributed by atoms with Crippen LogP contribution in [0.15, 0.2) is 0 Å². The lowest BCUT2D eigenvalue weighted by atomic mass is 9.66. The summed E-state index contributed by atoms with van der Waals surface area (Å²) in [4.78, 5) is 0. The van der Waals surface area contributed by atoms with Crippen molar-refractivity contribution in [2.75, 3.05) is 6.54 Å². The Morgan fingerprint density at radius 1 is 1.13 bits per heavy atom. The molecule has 1 heteroatoms. The van der Waals surface area contributed by atoms with Crippen LogP contribution in [-0.2, 0) is 0 Å². The van der Waals surface area contributed by atoms with Crippen LogP contribution in [-0.4, -0.2) is 6.54 Å². The van der Waals surface area contributed by atoms with E-state index in [-0.39, 0.29) is 0 Å². The highest BCUT2D eigenvalue weighted by atomic mass is 14.6. The van der Waals surface area contributed by atoms with E-state index in [1.165, 1.54) is 44.9 Å². The molecule has 1 nitrogen and oxygen atoms in total. The molecule has 15 heavy (non-hydrogen) atoms. The largest absolute Gasteiger partial charge is 0.330 e. The highest BCUT2D eigenvalue weighted by Gasteiger charge is 2.46. The van der Waals surface area contributed by atoms with Gasteiger partial charge >= 0.3 is 0 Å². The SMILES string of the molecule is CCCC1CCC(CC)C1(CC)CCN. The fraction of sp³-hybridized carbons (Fsp3) is 1.00. The molecule has 2 N–H and O–H groups in total. The Kier molecular flexibility index (Phi) is 5.11. The van der Waals surface area contributed by atoms with Gasteiger partial charge in [0.15, 0.2) is 0 Å². The fourth-order valence-electron chi connectivity index (χ4n) is 4.13. The van der Waals surface area contributed by atoms with Crippen LogP contribution in [0.3, 0.4) is 0 Å². The van der Waals surface area contributed by atoms with Crippen molar-refractivity contribution in [3.63, 3.8) is 0 Å². The van der Waals surface area contributed by atoms with Gasteiger partial charge in [-0.25, -0.2) is 0 Å². The number of nitrogens with two attached hydrogens (primary N) is 1. The molecule has 0 aromatic heterocycles. The molecule has 0 aliphatic heterocycles. The van der Waals surface area contributed by atoms with Gasteiger partial charge in [0.1, 0.15) is 0 Å². The Morgan fingerprint density at radius 2 is 1.80 bits per heavy atom. The van der Waals surface area contributed by atoms with E-state index in [9.17, 15) is 0 Å². The van der Waals surface area contributed by atoms with Gasteiger partial charge in [-0.1, -0.05) is 40.0 Å². The third-order valence-corrected chi connectivity index (χ3v) is 4.89. The van der Waals surface area contributed by atoms with Gasteiger partial charge in [0.25, 0.3) is 0 Å². The number of rotatable bonds is 6. The quantitative estimate of drug-likeness (QED) is 0.707. The summed E-state index contributed by atoms with van der Waals surface area (Å²) in [5.41, 5.74) is 6.44. The molecule has 3 unspecified atom stereocenters. The summed E-state index contributed by atoms with van der Waals surface area (Å²) in [6.07, 6.45) is 9.63. The summed E-state index contributed by atoms with van der Waals surface area (Å²) < 4.78 is 0. The highest BCUT2D eigenvalue weighted by Crippen LogP contribution is 2.55. The maximum absolute atomic E-state index is 5.84. The van der Waals surface area contributed by atoms with Crippen molar-refractivity contribution in [1.82, 2.24) is 0 Å². The maximum atomic E-state index is 5.84. The van der Waals surface area contributed by atoms with E-state index < -0.39 is 0 Å². The molecule has 0 saturated heterocycles. The van der Waals surface area contributed by atoms with Gasteiger partial charge < -0.3 is 5.73 Å². The zero-order chi connectivity index (χ0) is 11.3. The Morgan fingerprint density at radius 3 is 2.27 bits per heavy atom. The summed E-state index contributed by atoms with van der Waals surface area (Å²) in [5.74, 6) is 1.91. The van der Waals surface area contributed by atoms with Crippen molar-refractivity contribution in [1.29, 1.82) is 0 Å². The van der Waals surface area contributed by atoms with Crippen molar-refractivity contribution in [3.8, 4) is 0 Å². The van der Waals surface area contributed by atoms with Crippen LogP contribution < -0.4 is 5.73 Å². The number of hydrogen-bond donors (Lipinski definition) is 1.